The highest BCUT2D eigenvalue weighted by Crippen LogP contribution is 2.30. The Balaban J connectivity index is 2.11. The van der Waals surface area contributed by atoms with Gasteiger partial charge < -0.3 is 10.2 Å². The summed E-state index contributed by atoms with van der Waals surface area (Å²) < 4.78 is 0. The number of nitrogens with zero attached hydrogens (tertiary/aromatic N) is 2. The fourth-order valence-corrected chi connectivity index (χ4v) is 3.21. The molecule has 1 aromatic rings. The molecule has 19 heavy (non-hydrogen) atoms. The second-order valence-corrected chi connectivity index (χ2v) is 6.19. The van der Waals surface area contributed by atoms with Gasteiger partial charge in [0.25, 0.3) is 0 Å². The molecule has 1 saturated heterocycles. The number of rotatable bonds is 4. The molecule has 4 heteroatoms. The smallest absolute Gasteiger partial charge is 0.147 e. The second-order valence-electron chi connectivity index (χ2n) is 5.78. The predicted octanol–water partition coefficient (Wildman–Crippen LogP) is 3.33. The third kappa shape index (κ3) is 3.83. The molecule has 0 aromatic carbocycles. The summed E-state index contributed by atoms with van der Waals surface area (Å²) in [6, 6.07) is 2.04. The van der Waals surface area contributed by atoms with Gasteiger partial charge in [-0.1, -0.05) is 32.4 Å². The minimum atomic E-state index is 0.711. The van der Waals surface area contributed by atoms with Crippen LogP contribution in [0.5, 0.6) is 0 Å². The molecule has 2 heterocycles. The number of hydrogen-bond donors (Lipinski definition) is 1. The average molecular weight is 282 g/mol. The van der Waals surface area contributed by atoms with Crippen LogP contribution in [0, 0.1) is 11.8 Å². The summed E-state index contributed by atoms with van der Waals surface area (Å²) in [5.41, 5.74) is 1.15. The molecule has 0 spiro atoms. The van der Waals surface area contributed by atoms with E-state index < -0.39 is 0 Å². The van der Waals surface area contributed by atoms with Gasteiger partial charge >= 0.3 is 0 Å². The molecule has 0 bridgehead atoms. The van der Waals surface area contributed by atoms with E-state index in [0.29, 0.717) is 11.8 Å². The molecular weight excluding hydrogens is 258 g/mol. The highest BCUT2D eigenvalue weighted by Gasteiger charge is 2.24. The summed E-state index contributed by atoms with van der Waals surface area (Å²) in [4.78, 5) is 6.91. The molecule has 1 N–H and O–H groups in total. The first-order valence-corrected chi connectivity index (χ1v) is 7.58. The first kappa shape index (κ1) is 14.6. The Labute approximate surface area is 121 Å². The lowest BCUT2D eigenvalue weighted by Crippen LogP contribution is -2.39. The molecule has 3 nitrogen and oxygen atoms in total. The van der Waals surface area contributed by atoms with Crippen LogP contribution < -0.4 is 10.2 Å². The topological polar surface area (TPSA) is 28.2 Å². The molecule has 2 rings (SSSR count). The Morgan fingerprint density at radius 2 is 2.05 bits per heavy atom. The van der Waals surface area contributed by atoms with E-state index in [9.17, 15) is 0 Å². The van der Waals surface area contributed by atoms with Crippen molar-refractivity contribution in [2.45, 2.75) is 33.7 Å². The molecule has 0 saturated carbocycles. The average Bonchev–Trinajstić information content (AvgIpc) is 2.35. The van der Waals surface area contributed by atoms with Gasteiger partial charge in [0.2, 0.25) is 0 Å². The maximum Gasteiger partial charge on any atom is 0.147 e. The van der Waals surface area contributed by atoms with Crippen molar-refractivity contribution in [3.05, 3.63) is 22.8 Å². The summed E-state index contributed by atoms with van der Waals surface area (Å²) in [7, 11) is 0. The van der Waals surface area contributed by atoms with E-state index in [0.717, 1.165) is 42.6 Å². The lowest BCUT2D eigenvalue weighted by molar-refractivity contribution is 0.355. The zero-order valence-corrected chi connectivity index (χ0v) is 12.9. The molecular formula is C15H24ClN3. The van der Waals surface area contributed by atoms with Crippen molar-refractivity contribution in [3.8, 4) is 0 Å². The molecule has 0 radical (unpaired) electrons. The van der Waals surface area contributed by atoms with Gasteiger partial charge in [0.15, 0.2) is 0 Å². The SMILES string of the molecule is CCNCc1cnc(N2CC(C)CC(C)C2)c(Cl)c1. The van der Waals surface area contributed by atoms with Gasteiger partial charge in [-0.15, -0.1) is 0 Å². The first-order chi connectivity index (χ1) is 9.10. The summed E-state index contributed by atoms with van der Waals surface area (Å²) in [6.45, 7) is 10.6. The van der Waals surface area contributed by atoms with Gasteiger partial charge in [0.05, 0.1) is 5.02 Å². The Morgan fingerprint density at radius 1 is 1.37 bits per heavy atom. The zero-order chi connectivity index (χ0) is 13.8. The highest BCUT2D eigenvalue weighted by molar-refractivity contribution is 6.33. The van der Waals surface area contributed by atoms with Crippen LogP contribution in [0.4, 0.5) is 5.82 Å². The van der Waals surface area contributed by atoms with Crippen molar-refractivity contribution < 1.29 is 0 Å². The second kappa shape index (κ2) is 6.58. The van der Waals surface area contributed by atoms with Gasteiger partial charge in [-0.05, 0) is 36.4 Å². The van der Waals surface area contributed by atoms with Crippen molar-refractivity contribution in [2.75, 3.05) is 24.5 Å². The minimum absolute atomic E-state index is 0.711. The van der Waals surface area contributed by atoms with Gasteiger partial charge in [-0.3, -0.25) is 0 Å². The summed E-state index contributed by atoms with van der Waals surface area (Å²) >= 11 is 6.41. The van der Waals surface area contributed by atoms with E-state index >= 15 is 0 Å². The molecule has 0 aliphatic carbocycles. The fraction of sp³-hybridized carbons (Fsp3) is 0.667. The third-order valence-corrected chi connectivity index (χ3v) is 3.90. The normalized spacial score (nSPS) is 23.7. The van der Waals surface area contributed by atoms with Crippen molar-refractivity contribution in [3.63, 3.8) is 0 Å². The quantitative estimate of drug-likeness (QED) is 0.918. The van der Waals surface area contributed by atoms with E-state index in [-0.39, 0.29) is 0 Å². The molecule has 106 valence electrons. The van der Waals surface area contributed by atoms with Gasteiger partial charge in [-0.2, -0.15) is 0 Å². The van der Waals surface area contributed by atoms with E-state index in [1.54, 1.807) is 0 Å². The molecule has 1 aliphatic heterocycles. The number of nitrogens with one attached hydrogen (secondary N) is 1. The standard InChI is InChI=1S/C15H24ClN3/c1-4-17-7-13-6-14(16)15(18-8-13)19-9-11(2)5-12(3)10-19/h6,8,11-12,17H,4-5,7,9-10H2,1-3H3. The van der Waals surface area contributed by atoms with Crippen LogP contribution >= 0.6 is 11.6 Å². The van der Waals surface area contributed by atoms with Crippen LogP contribution in [0.2, 0.25) is 5.02 Å². The number of piperidine rings is 1. The number of hydrogen-bond acceptors (Lipinski definition) is 3. The monoisotopic (exact) mass is 281 g/mol. The molecule has 0 amide bonds. The fourth-order valence-electron chi connectivity index (χ4n) is 2.90. The van der Waals surface area contributed by atoms with Crippen molar-refractivity contribution in [1.29, 1.82) is 0 Å². The van der Waals surface area contributed by atoms with Crippen LogP contribution in [0.25, 0.3) is 0 Å². The first-order valence-electron chi connectivity index (χ1n) is 7.20. The largest absolute Gasteiger partial charge is 0.355 e. The maximum absolute atomic E-state index is 6.41. The molecule has 2 unspecified atom stereocenters. The van der Waals surface area contributed by atoms with Gasteiger partial charge in [0, 0.05) is 25.8 Å². The lowest BCUT2D eigenvalue weighted by atomic mass is 9.92. The number of halogens is 1. The van der Waals surface area contributed by atoms with Crippen molar-refractivity contribution in [2.24, 2.45) is 11.8 Å². The summed E-state index contributed by atoms with van der Waals surface area (Å²) in [5.74, 6) is 2.37. The number of pyridine rings is 1. The van der Waals surface area contributed by atoms with Gasteiger partial charge in [-0.25, -0.2) is 4.98 Å². The van der Waals surface area contributed by atoms with Crippen LogP contribution in [0.15, 0.2) is 12.3 Å². The number of anilines is 1. The molecule has 1 fully saturated rings. The third-order valence-electron chi connectivity index (χ3n) is 3.63. The number of aromatic nitrogens is 1. The Bertz CT molecular complexity index is 412. The Kier molecular flexibility index (Phi) is 5.06. The Morgan fingerprint density at radius 3 is 2.63 bits per heavy atom. The van der Waals surface area contributed by atoms with Crippen molar-refractivity contribution in [1.82, 2.24) is 10.3 Å². The molecule has 1 aliphatic rings. The minimum Gasteiger partial charge on any atom is -0.355 e. The lowest BCUT2D eigenvalue weighted by Gasteiger charge is -2.36. The molecule has 2 atom stereocenters. The van der Waals surface area contributed by atoms with E-state index in [4.69, 9.17) is 11.6 Å². The summed E-state index contributed by atoms with van der Waals surface area (Å²) in [6.07, 6.45) is 3.24. The Hall–Kier alpha value is -0.800. The van der Waals surface area contributed by atoms with Crippen LogP contribution in [0.3, 0.4) is 0 Å². The van der Waals surface area contributed by atoms with Crippen LogP contribution in [-0.4, -0.2) is 24.6 Å². The molecule has 1 aromatic heterocycles. The highest BCUT2D eigenvalue weighted by atomic mass is 35.5. The summed E-state index contributed by atoms with van der Waals surface area (Å²) in [5, 5.41) is 4.07. The van der Waals surface area contributed by atoms with E-state index in [1.807, 2.05) is 12.3 Å². The van der Waals surface area contributed by atoms with E-state index in [1.165, 1.54) is 6.42 Å². The van der Waals surface area contributed by atoms with Gasteiger partial charge in [0.1, 0.15) is 5.82 Å². The zero-order valence-electron chi connectivity index (χ0n) is 12.1. The van der Waals surface area contributed by atoms with Crippen molar-refractivity contribution >= 4 is 17.4 Å². The maximum atomic E-state index is 6.41. The van der Waals surface area contributed by atoms with Crippen LogP contribution in [-0.2, 0) is 6.54 Å². The van der Waals surface area contributed by atoms with E-state index in [2.05, 4.69) is 36.0 Å². The van der Waals surface area contributed by atoms with Crippen LogP contribution in [0.1, 0.15) is 32.8 Å². The predicted molar refractivity (Wildman–Crippen MR) is 81.8 cm³/mol.